The minimum atomic E-state index is -0.991. The molecule has 0 aliphatic carbocycles. The topological polar surface area (TPSA) is 107 Å². The van der Waals surface area contributed by atoms with Crippen LogP contribution in [0.3, 0.4) is 0 Å². The summed E-state index contributed by atoms with van der Waals surface area (Å²) in [4.78, 5) is 30.3. The van der Waals surface area contributed by atoms with E-state index in [1.54, 1.807) is 7.05 Å². The van der Waals surface area contributed by atoms with Gasteiger partial charge in [-0.3, -0.25) is 13.9 Å². The van der Waals surface area contributed by atoms with Gasteiger partial charge in [-0.1, -0.05) is 0 Å². The molecular weight excluding hydrogens is 302 g/mol. The first-order valence-corrected chi connectivity index (χ1v) is 7.59. The molecule has 0 saturated heterocycles. The van der Waals surface area contributed by atoms with Gasteiger partial charge in [-0.15, -0.1) is 0 Å². The molecule has 9 heteroatoms. The van der Waals surface area contributed by atoms with E-state index < -0.39 is 24.0 Å². The molecule has 0 bridgehead atoms. The van der Waals surface area contributed by atoms with Crippen molar-refractivity contribution in [3.05, 3.63) is 27.2 Å². The predicted molar refractivity (Wildman–Crippen MR) is 84.6 cm³/mol. The van der Waals surface area contributed by atoms with Crippen molar-refractivity contribution in [3.8, 4) is 0 Å². The molecule has 2 heterocycles. The number of hydrogen-bond donors (Lipinski definition) is 3. The molecule has 0 spiro atoms. The van der Waals surface area contributed by atoms with Crippen molar-refractivity contribution in [2.45, 2.75) is 25.6 Å². The Morgan fingerprint density at radius 3 is 2.65 bits per heavy atom. The maximum absolute atomic E-state index is 12.7. The van der Waals surface area contributed by atoms with E-state index in [0.29, 0.717) is 13.0 Å². The number of quaternary nitrogens is 1. The van der Waals surface area contributed by atoms with Gasteiger partial charge in [0.15, 0.2) is 11.2 Å². The Morgan fingerprint density at radius 1 is 1.35 bits per heavy atom. The number of nitrogens with one attached hydrogen (secondary N) is 1. The molecular formula is C14H24N5O4+. The van der Waals surface area contributed by atoms with E-state index >= 15 is 0 Å². The normalized spacial score (nSPS) is 13.1. The number of aliphatic hydroxyl groups is 2. The number of imidazole rings is 1. The Kier molecular flexibility index (Phi) is 5.34. The fourth-order valence-electron chi connectivity index (χ4n) is 2.53. The average Bonchev–Trinajstić information content (AvgIpc) is 2.92. The number of fused-ring (bicyclic) bond motifs is 1. The Morgan fingerprint density at radius 2 is 2.04 bits per heavy atom. The lowest BCUT2D eigenvalue weighted by Gasteiger charge is -2.12. The van der Waals surface area contributed by atoms with Gasteiger partial charge >= 0.3 is 5.69 Å². The standard InChI is InChI=1S/C14H23N5O4/c1-16(2)5-4-6-19-13(22)11-12(17(3)14(19)23)15-9-18(11)7-10(21)8-20/h9-10,20-21H,4-8H2,1-3H3/p+1/t10-/m0/s1. The Balaban J connectivity index is 2.49. The first-order valence-electron chi connectivity index (χ1n) is 7.59. The molecule has 2 rings (SSSR count). The minimum Gasteiger partial charge on any atom is -0.394 e. The molecule has 0 aliphatic heterocycles. The van der Waals surface area contributed by atoms with Gasteiger partial charge in [-0.25, -0.2) is 9.78 Å². The molecule has 128 valence electrons. The second-order valence-electron chi connectivity index (χ2n) is 6.01. The van der Waals surface area contributed by atoms with Gasteiger partial charge in [0.05, 0.1) is 46.2 Å². The van der Waals surface area contributed by atoms with Gasteiger partial charge in [0.1, 0.15) is 0 Å². The third-order valence-electron chi connectivity index (χ3n) is 3.78. The van der Waals surface area contributed by atoms with Gasteiger partial charge in [-0.2, -0.15) is 0 Å². The number of nitrogens with zero attached hydrogens (tertiary/aromatic N) is 4. The van der Waals surface area contributed by atoms with Crippen LogP contribution in [0, 0.1) is 0 Å². The van der Waals surface area contributed by atoms with Crippen molar-refractivity contribution < 1.29 is 15.1 Å². The van der Waals surface area contributed by atoms with E-state index in [0.717, 1.165) is 6.54 Å². The largest absolute Gasteiger partial charge is 0.394 e. The summed E-state index contributed by atoms with van der Waals surface area (Å²) in [6.45, 7) is 0.810. The highest BCUT2D eigenvalue weighted by molar-refractivity contribution is 5.69. The molecule has 0 aliphatic rings. The predicted octanol–water partition coefficient (Wildman–Crippen LogP) is -3.22. The van der Waals surface area contributed by atoms with Crippen molar-refractivity contribution in [2.75, 3.05) is 27.2 Å². The van der Waals surface area contributed by atoms with E-state index in [4.69, 9.17) is 5.11 Å². The second kappa shape index (κ2) is 7.07. The minimum absolute atomic E-state index is 0.0439. The third kappa shape index (κ3) is 3.52. The van der Waals surface area contributed by atoms with Crippen LogP contribution in [0.5, 0.6) is 0 Å². The SMILES string of the molecule is Cn1c(=O)n(CCC[NH+](C)C)c(=O)c2c1ncn2C[C@H](O)CO. The first-order chi connectivity index (χ1) is 10.9. The number of hydrogen-bond acceptors (Lipinski definition) is 5. The van der Waals surface area contributed by atoms with Crippen molar-refractivity contribution in [1.29, 1.82) is 0 Å². The zero-order valence-electron chi connectivity index (χ0n) is 13.7. The Labute approximate surface area is 133 Å². The maximum atomic E-state index is 12.7. The smallest absolute Gasteiger partial charge is 0.332 e. The fraction of sp³-hybridized carbons (Fsp3) is 0.643. The van der Waals surface area contributed by atoms with Crippen LogP contribution in [0.4, 0.5) is 0 Å². The highest BCUT2D eigenvalue weighted by atomic mass is 16.3. The molecule has 0 amide bonds. The van der Waals surface area contributed by atoms with Crippen molar-refractivity contribution >= 4 is 11.2 Å². The molecule has 0 unspecified atom stereocenters. The van der Waals surface area contributed by atoms with Crippen LogP contribution in [0.25, 0.3) is 11.2 Å². The number of aryl methyl sites for hydroxylation is 1. The van der Waals surface area contributed by atoms with Crippen LogP contribution in [0.1, 0.15) is 6.42 Å². The molecule has 0 saturated carbocycles. The molecule has 3 N–H and O–H groups in total. The lowest BCUT2D eigenvalue weighted by Crippen LogP contribution is -3.05. The molecule has 0 radical (unpaired) electrons. The summed E-state index contributed by atoms with van der Waals surface area (Å²) < 4.78 is 4.02. The Bertz CT molecular complexity index is 789. The summed E-state index contributed by atoms with van der Waals surface area (Å²) in [5, 5.41) is 18.6. The summed E-state index contributed by atoms with van der Waals surface area (Å²) in [7, 11) is 5.59. The number of rotatable bonds is 7. The van der Waals surface area contributed by atoms with Crippen LogP contribution in [-0.4, -0.2) is 62.2 Å². The molecule has 0 fully saturated rings. The average molecular weight is 326 g/mol. The molecule has 2 aromatic rings. The monoisotopic (exact) mass is 326 g/mol. The highest BCUT2D eigenvalue weighted by Gasteiger charge is 2.17. The Hall–Kier alpha value is -1.97. The summed E-state index contributed by atoms with van der Waals surface area (Å²) >= 11 is 0. The summed E-state index contributed by atoms with van der Waals surface area (Å²) in [6.07, 6.45) is 1.12. The first kappa shape index (κ1) is 17.4. The van der Waals surface area contributed by atoms with Crippen LogP contribution < -0.4 is 16.1 Å². The zero-order chi connectivity index (χ0) is 17.1. The summed E-state index contributed by atoms with van der Waals surface area (Å²) in [5.41, 5.74) is -0.278. The second-order valence-corrected chi connectivity index (χ2v) is 6.01. The van der Waals surface area contributed by atoms with Crippen LogP contribution in [-0.2, 0) is 20.1 Å². The number of aliphatic hydroxyl groups excluding tert-OH is 2. The fourth-order valence-corrected chi connectivity index (χ4v) is 2.53. The summed E-state index contributed by atoms with van der Waals surface area (Å²) in [6, 6.07) is 0. The van der Waals surface area contributed by atoms with Crippen molar-refractivity contribution in [2.24, 2.45) is 7.05 Å². The lowest BCUT2D eigenvalue weighted by molar-refractivity contribution is -0.858. The lowest BCUT2D eigenvalue weighted by atomic mass is 10.3. The van der Waals surface area contributed by atoms with E-state index in [1.165, 1.54) is 24.9 Å². The molecule has 2 aromatic heterocycles. The van der Waals surface area contributed by atoms with Gasteiger partial charge in [0.25, 0.3) is 5.56 Å². The van der Waals surface area contributed by atoms with Gasteiger partial charge in [-0.05, 0) is 0 Å². The van der Waals surface area contributed by atoms with Gasteiger partial charge in [0, 0.05) is 20.0 Å². The van der Waals surface area contributed by atoms with E-state index in [2.05, 4.69) is 4.98 Å². The van der Waals surface area contributed by atoms with Crippen LogP contribution >= 0.6 is 0 Å². The van der Waals surface area contributed by atoms with Crippen molar-refractivity contribution in [3.63, 3.8) is 0 Å². The number of aromatic nitrogens is 4. The molecule has 23 heavy (non-hydrogen) atoms. The zero-order valence-corrected chi connectivity index (χ0v) is 13.7. The van der Waals surface area contributed by atoms with E-state index in [9.17, 15) is 14.7 Å². The molecule has 1 atom stereocenters. The van der Waals surface area contributed by atoms with Crippen LogP contribution in [0.15, 0.2) is 15.9 Å². The third-order valence-corrected chi connectivity index (χ3v) is 3.78. The van der Waals surface area contributed by atoms with Crippen LogP contribution in [0.2, 0.25) is 0 Å². The van der Waals surface area contributed by atoms with E-state index in [1.807, 2.05) is 14.1 Å². The molecule has 0 aromatic carbocycles. The van der Waals surface area contributed by atoms with E-state index in [-0.39, 0.29) is 17.7 Å². The van der Waals surface area contributed by atoms with Gasteiger partial charge < -0.3 is 19.7 Å². The maximum Gasteiger partial charge on any atom is 0.332 e. The molecule has 9 nitrogen and oxygen atoms in total. The quantitative estimate of drug-likeness (QED) is 0.496. The van der Waals surface area contributed by atoms with Crippen molar-refractivity contribution in [1.82, 2.24) is 18.7 Å². The van der Waals surface area contributed by atoms with Gasteiger partial charge in [0.2, 0.25) is 0 Å². The summed E-state index contributed by atoms with van der Waals surface area (Å²) in [5.74, 6) is 0. The highest BCUT2D eigenvalue weighted by Crippen LogP contribution is 2.06.